The second kappa shape index (κ2) is 6.54. The molecule has 5 nitrogen and oxygen atoms in total. The van der Waals surface area contributed by atoms with E-state index in [2.05, 4.69) is 22.2 Å². The maximum Gasteiger partial charge on any atom is 0.218 e. The highest BCUT2D eigenvalue weighted by Crippen LogP contribution is 2.25. The molecule has 5 heteroatoms. The summed E-state index contributed by atoms with van der Waals surface area (Å²) in [4.78, 5) is 8.20. The van der Waals surface area contributed by atoms with Crippen LogP contribution in [0.5, 0.6) is 5.88 Å². The van der Waals surface area contributed by atoms with Gasteiger partial charge in [0.25, 0.3) is 0 Å². The van der Waals surface area contributed by atoms with Gasteiger partial charge < -0.3 is 15.2 Å². The molecule has 0 amide bonds. The number of rotatable bonds is 6. The smallest absolute Gasteiger partial charge is 0.218 e. The lowest BCUT2D eigenvalue weighted by Gasteiger charge is -2.15. The second-order valence-corrected chi connectivity index (χ2v) is 4.73. The third-order valence-corrected chi connectivity index (χ3v) is 3.26. The number of hydrogen-bond acceptors (Lipinski definition) is 5. The minimum Gasteiger partial charge on any atom is -0.478 e. The van der Waals surface area contributed by atoms with Crippen LogP contribution < -0.4 is 10.1 Å². The topological polar surface area (TPSA) is 67.3 Å². The summed E-state index contributed by atoms with van der Waals surface area (Å²) >= 11 is 0. The molecule has 2 atom stereocenters. The number of nitrogens with one attached hydrogen (secondary N) is 1. The molecule has 1 aliphatic carbocycles. The molecule has 1 fully saturated rings. The van der Waals surface area contributed by atoms with E-state index in [1.54, 1.807) is 6.07 Å². The largest absolute Gasteiger partial charge is 0.478 e. The summed E-state index contributed by atoms with van der Waals surface area (Å²) in [5.41, 5.74) is 0. The molecule has 1 aromatic rings. The maximum absolute atomic E-state index is 9.74. The lowest BCUT2D eigenvalue weighted by atomic mass is 10.1. The van der Waals surface area contributed by atoms with E-state index in [0.29, 0.717) is 18.4 Å². The number of hydrogen-bond donors (Lipinski definition) is 2. The minimum atomic E-state index is -0.171. The monoisotopic (exact) mass is 251 g/mol. The highest BCUT2D eigenvalue weighted by molar-refractivity contribution is 5.37. The lowest BCUT2D eigenvalue weighted by molar-refractivity contribution is 0.138. The molecule has 0 saturated heterocycles. The fourth-order valence-corrected chi connectivity index (χ4v) is 2.21. The second-order valence-electron chi connectivity index (χ2n) is 4.73. The van der Waals surface area contributed by atoms with Crippen LogP contribution in [-0.2, 0) is 0 Å². The molecule has 1 heterocycles. The number of nitrogens with zero attached hydrogens (tertiary/aromatic N) is 2. The first-order valence-corrected chi connectivity index (χ1v) is 6.66. The first-order chi connectivity index (χ1) is 8.79. The van der Waals surface area contributed by atoms with E-state index in [0.717, 1.165) is 38.0 Å². The molecular formula is C13H21N3O2. The van der Waals surface area contributed by atoms with Crippen LogP contribution in [-0.4, -0.2) is 34.3 Å². The molecule has 100 valence electrons. The molecule has 18 heavy (non-hydrogen) atoms. The molecule has 0 bridgehead atoms. The quantitative estimate of drug-likeness (QED) is 0.807. The van der Waals surface area contributed by atoms with Gasteiger partial charge in [-0.1, -0.05) is 13.3 Å². The van der Waals surface area contributed by atoms with E-state index in [-0.39, 0.29) is 6.10 Å². The number of aromatic nitrogens is 2. The normalized spacial score (nSPS) is 23.0. The molecule has 0 radical (unpaired) electrons. The van der Waals surface area contributed by atoms with Gasteiger partial charge in [-0.2, -0.15) is 0 Å². The van der Waals surface area contributed by atoms with Crippen molar-refractivity contribution in [1.82, 2.24) is 9.97 Å². The zero-order valence-corrected chi connectivity index (χ0v) is 10.8. The number of aliphatic hydroxyl groups is 1. The zero-order chi connectivity index (χ0) is 12.8. The summed E-state index contributed by atoms with van der Waals surface area (Å²) in [6.07, 6.45) is 5.40. The third kappa shape index (κ3) is 3.57. The van der Waals surface area contributed by atoms with Crippen LogP contribution in [0, 0.1) is 5.92 Å². The van der Waals surface area contributed by atoms with E-state index in [1.807, 2.05) is 0 Å². The number of anilines is 1. The van der Waals surface area contributed by atoms with Gasteiger partial charge in [0.2, 0.25) is 5.88 Å². The van der Waals surface area contributed by atoms with Crippen LogP contribution in [0.4, 0.5) is 5.82 Å². The van der Waals surface area contributed by atoms with Gasteiger partial charge in [0.05, 0.1) is 12.7 Å². The lowest BCUT2D eigenvalue weighted by Crippen LogP contribution is -2.22. The predicted molar refractivity (Wildman–Crippen MR) is 69.7 cm³/mol. The van der Waals surface area contributed by atoms with E-state index in [1.165, 1.54) is 6.33 Å². The van der Waals surface area contributed by atoms with E-state index in [9.17, 15) is 5.11 Å². The molecule has 0 aliphatic heterocycles. The summed E-state index contributed by atoms with van der Waals surface area (Å²) in [6.45, 7) is 3.48. The van der Waals surface area contributed by atoms with Gasteiger partial charge in [-0.05, 0) is 19.3 Å². The van der Waals surface area contributed by atoms with Crippen molar-refractivity contribution in [2.45, 2.75) is 38.7 Å². The number of ether oxygens (including phenoxy) is 1. The van der Waals surface area contributed by atoms with Gasteiger partial charge in [-0.15, -0.1) is 0 Å². The first kappa shape index (κ1) is 13.1. The highest BCUT2D eigenvalue weighted by Gasteiger charge is 2.24. The molecule has 0 spiro atoms. The fraction of sp³-hybridized carbons (Fsp3) is 0.692. The Balaban J connectivity index is 1.84. The molecular weight excluding hydrogens is 230 g/mol. The minimum absolute atomic E-state index is 0.171. The van der Waals surface area contributed by atoms with Crippen molar-refractivity contribution in [3.63, 3.8) is 0 Å². The fourth-order valence-electron chi connectivity index (χ4n) is 2.21. The molecule has 2 unspecified atom stereocenters. The molecule has 2 rings (SSSR count). The molecule has 0 aromatic carbocycles. The molecule has 1 aromatic heterocycles. The van der Waals surface area contributed by atoms with Crippen LogP contribution in [0.15, 0.2) is 12.4 Å². The summed E-state index contributed by atoms with van der Waals surface area (Å²) in [6, 6.07) is 1.80. The van der Waals surface area contributed by atoms with Crippen molar-refractivity contribution in [1.29, 1.82) is 0 Å². The number of aliphatic hydroxyl groups excluding tert-OH is 1. The van der Waals surface area contributed by atoms with Gasteiger partial charge >= 0.3 is 0 Å². The Morgan fingerprint density at radius 3 is 3.06 bits per heavy atom. The van der Waals surface area contributed by atoms with Crippen LogP contribution in [0.3, 0.4) is 0 Å². The Hall–Kier alpha value is -1.36. The Labute approximate surface area is 108 Å². The zero-order valence-electron chi connectivity index (χ0n) is 10.8. The van der Waals surface area contributed by atoms with Crippen molar-refractivity contribution in [3.8, 4) is 5.88 Å². The molecule has 1 saturated carbocycles. The summed E-state index contributed by atoms with van der Waals surface area (Å²) in [5.74, 6) is 1.69. The third-order valence-electron chi connectivity index (χ3n) is 3.26. The molecule has 1 aliphatic rings. The van der Waals surface area contributed by atoms with Gasteiger partial charge in [0, 0.05) is 18.5 Å². The first-order valence-electron chi connectivity index (χ1n) is 6.66. The van der Waals surface area contributed by atoms with Crippen LogP contribution >= 0.6 is 0 Å². The van der Waals surface area contributed by atoms with Crippen LogP contribution in [0.25, 0.3) is 0 Å². The Kier molecular flexibility index (Phi) is 4.75. The Morgan fingerprint density at radius 2 is 2.33 bits per heavy atom. The maximum atomic E-state index is 9.74. The molecule has 2 N–H and O–H groups in total. The van der Waals surface area contributed by atoms with Crippen LogP contribution in [0.1, 0.15) is 32.6 Å². The van der Waals surface area contributed by atoms with Crippen molar-refractivity contribution in [2.75, 3.05) is 18.5 Å². The van der Waals surface area contributed by atoms with E-state index < -0.39 is 0 Å². The Morgan fingerprint density at radius 1 is 1.44 bits per heavy atom. The van der Waals surface area contributed by atoms with Gasteiger partial charge in [-0.3, -0.25) is 0 Å². The van der Waals surface area contributed by atoms with E-state index in [4.69, 9.17) is 4.74 Å². The summed E-state index contributed by atoms with van der Waals surface area (Å²) in [7, 11) is 0. The van der Waals surface area contributed by atoms with Crippen LogP contribution in [0.2, 0.25) is 0 Å². The predicted octanol–water partition coefficient (Wildman–Crippen LogP) is 1.84. The van der Waals surface area contributed by atoms with Crippen molar-refractivity contribution >= 4 is 5.82 Å². The van der Waals surface area contributed by atoms with E-state index >= 15 is 0 Å². The van der Waals surface area contributed by atoms with Crippen molar-refractivity contribution in [3.05, 3.63) is 12.4 Å². The van der Waals surface area contributed by atoms with Gasteiger partial charge in [0.15, 0.2) is 0 Å². The van der Waals surface area contributed by atoms with Crippen molar-refractivity contribution in [2.24, 2.45) is 5.92 Å². The summed E-state index contributed by atoms with van der Waals surface area (Å²) < 4.78 is 5.45. The standard InChI is InChI=1S/C13H21N3O2/c1-2-6-18-13-7-12(15-9-16-13)14-8-10-4-3-5-11(10)17/h7,9-11,17H,2-6,8H2,1H3,(H,14,15,16). The highest BCUT2D eigenvalue weighted by atomic mass is 16.5. The average Bonchev–Trinajstić information content (AvgIpc) is 2.80. The SMILES string of the molecule is CCCOc1cc(NCC2CCCC2O)ncn1. The van der Waals surface area contributed by atoms with Crippen molar-refractivity contribution < 1.29 is 9.84 Å². The van der Waals surface area contributed by atoms with Gasteiger partial charge in [-0.25, -0.2) is 9.97 Å². The Bertz CT molecular complexity index is 373. The average molecular weight is 251 g/mol. The van der Waals surface area contributed by atoms with Gasteiger partial charge in [0.1, 0.15) is 12.1 Å². The summed E-state index contributed by atoms with van der Waals surface area (Å²) in [5, 5.41) is 13.0.